The van der Waals surface area contributed by atoms with Crippen LogP contribution in [0.15, 0.2) is 0 Å². The molecule has 0 aromatic carbocycles. The number of esters is 1. The van der Waals surface area contributed by atoms with Gasteiger partial charge in [0.15, 0.2) is 0 Å². The first-order chi connectivity index (χ1) is 9.60. The predicted octanol–water partition coefficient (Wildman–Crippen LogP) is 2.43. The maximum Gasteiger partial charge on any atom is 0.326 e. The van der Waals surface area contributed by atoms with Gasteiger partial charge in [0, 0.05) is 19.6 Å². The highest BCUT2D eigenvalue weighted by molar-refractivity contribution is 5.81. The van der Waals surface area contributed by atoms with E-state index in [1.165, 1.54) is 0 Å². The summed E-state index contributed by atoms with van der Waals surface area (Å²) in [5, 5.41) is 3.42. The van der Waals surface area contributed by atoms with Crippen molar-refractivity contribution in [1.29, 1.82) is 0 Å². The molecule has 118 valence electrons. The van der Waals surface area contributed by atoms with Gasteiger partial charge in [-0.15, -0.1) is 0 Å². The molecule has 4 heteroatoms. The van der Waals surface area contributed by atoms with Crippen LogP contribution in [0.3, 0.4) is 0 Å². The Morgan fingerprint density at radius 2 is 2.05 bits per heavy atom. The van der Waals surface area contributed by atoms with Crippen molar-refractivity contribution in [1.82, 2.24) is 10.2 Å². The summed E-state index contributed by atoms with van der Waals surface area (Å²) in [6, 6.07) is 0. The topological polar surface area (TPSA) is 41.6 Å². The SMILES string of the molecule is CCOC(=O)C(CC)(CC(C)CC)N1CCCNCC1. The van der Waals surface area contributed by atoms with Crippen molar-refractivity contribution in [2.24, 2.45) is 5.92 Å². The lowest BCUT2D eigenvalue weighted by molar-refractivity contribution is -0.160. The number of ether oxygens (including phenoxy) is 1. The number of hydrogen-bond donors (Lipinski definition) is 1. The summed E-state index contributed by atoms with van der Waals surface area (Å²) in [6.45, 7) is 12.8. The molecule has 1 fully saturated rings. The van der Waals surface area contributed by atoms with E-state index in [1.54, 1.807) is 0 Å². The largest absolute Gasteiger partial charge is 0.465 e. The van der Waals surface area contributed by atoms with Crippen LogP contribution in [-0.2, 0) is 9.53 Å². The minimum absolute atomic E-state index is 0.0234. The Kier molecular flexibility index (Phi) is 7.52. The van der Waals surface area contributed by atoms with Crippen LogP contribution in [0.1, 0.15) is 53.4 Å². The maximum absolute atomic E-state index is 12.7. The van der Waals surface area contributed by atoms with E-state index >= 15 is 0 Å². The molecule has 0 radical (unpaired) electrons. The minimum Gasteiger partial charge on any atom is -0.465 e. The van der Waals surface area contributed by atoms with Crippen molar-refractivity contribution in [2.45, 2.75) is 58.9 Å². The first-order valence-electron chi connectivity index (χ1n) is 8.23. The van der Waals surface area contributed by atoms with Crippen LogP contribution >= 0.6 is 0 Å². The van der Waals surface area contributed by atoms with Gasteiger partial charge in [-0.1, -0.05) is 27.2 Å². The normalized spacial score (nSPS) is 21.8. The third-order valence-electron chi connectivity index (χ3n) is 4.57. The summed E-state index contributed by atoms with van der Waals surface area (Å²) in [4.78, 5) is 15.0. The lowest BCUT2D eigenvalue weighted by Gasteiger charge is -2.42. The summed E-state index contributed by atoms with van der Waals surface area (Å²) >= 11 is 0. The van der Waals surface area contributed by atoms with Crippen LogP contribution in [-0.4, -0.2) is 49.2 Å². The van der Waals surface area contributed by atoms with E-state index in [0.717, 1.165) is 51.9 Å². The second kappa shape index (κ2) is 8.63. The number of nitrogens with one attached hydrogen (secondary N) is 1. The Bertz CT molecular complexity index is 288. The monoisotopic (exact) mass is 284 g/mol. The highest BCUT2D eigenvalue weighted by Crippen LogP contribution is 2.31. The zero-order valence-corrected chi connectivity index (χ0v) is 13.7. The fraction of sp³-hybridized carbons (Fsp3) is 0.938. The lowest BCUT2D eigenvalue weighted by Crippen LogP contribution is -2.57. The second-order valence-electron chi connectivity index (χ2n) is 5.91. The number of nitrogens with zero attached hydrogens (tertiary/aromatic N) is 1. The quantitative estimate of drug-likeness (QED) is 0.729. The first-order valence-corrected chi connectivity index (χ1v) is 8.23. The molecule has 1 aliphatic heterocycles. The molecule has 20 heavy (non-hydrogen) atoms. The van der Waals surface area contributed by atoms with Gasteiger partial charge in [-0.2, -0.15) is 0 Å². The fourth-order valence-electron chi connectivity index (χ4n) is 3.11. The van der Waals surface area contributed by atoms with E-state index in [1.807, 2.05) is 6.92 Å². The van der Waals surface area contributed by atoms with Gasteiger partial charge in [-0.05, 0) is 38.6 Å². The van der Waals surface area contributed by atoms with Crippen LogP contribution in [0.4, 0.5) is 0 Å². The molecule has 2 unspecified atom stereocenters. The third kappa shape index (κ3) is 4.19. The van der Waals surface area contributed by atoms with Gasteiger partial charge in [0.25, 0.3) is 0 Å². The van der Waals surface area contributed by atoms with Crippen LogP contribution in [0.5, 0.6) is 0 Å². The molecule has 1 heterocycles. The van der Waals surface area contributed by atoms with Crippen molar-refractivity contribution in [3.05, 3.63) is 0 Å². The molecule has 0 aliphatic carbocycles. The summed E-state index contributed by atoms with van der Waals surface area (Å²) in [7, 11) is 0. The smallest absolute Gasteiger partial charge is 0.326 e. The number of hydrogen-bond acceptors (Lipinski definition) is 4. The molecule has 0 aromatic heterocycles. The van der Waals surface area contributed by atoms with Gasteiger partial charge in [0.1, 0.15) is 5.54 Å². The van der Waals surface area contributed by atoms with Crippen molar-refractivity contribution in [3.8, 4) is 0 Å². The van der Waals surface area contributed by atoms with Crippen LogP contribution in [0.25, 0.3) is 0 Å². The zero-order chi connectivity index (χ0) is 15.0. The number of carbonyl (C=O) groups excluding carboxylic acids is 1. The lowest BCUT2D eigenvalue weighted by atomic mass is 9.82. The molecule has 2 atom stereocenters. The highest BCUT2D eigenvalue weighted by Gasteiger charge is 2.44. The molecular formula is C16H32N2O2. The molecule has 0 amide bonds. The van der Waals surface area contributed by atoms with Crippen molar-refractivity contribution in [2.75, 3.05) is 32.8 Å². The standard InChI is InChI=1S/C16H32N2O2/c1-5-14(4)13-16(6-2,15(19)20-7-3)18-11-8-9-17-10-12-18/h14,17H,5-13H2,1-4H3. The Morgan fingerprint density at radius 1 is 1.30 bits per heavy atom. The molecule has 1 N–H and O–H groups in total. The Morgan fingerprint density at radius 3 is 2.65 bits per heavy atom. The molecule has 1 saturated heterocycles. The Labute approximate surface area is 124 Å². The summed E-state index contributed by atoms with van der Waals surface area (Å²) in [5.74, 6) is 0.514. The molecule has 0 bridgehead atoms. The van der Waals surface area contributed by atoms with E-state index in [-0.39, 0.29) is 5.97 Å². The van der Waals surface area contributed by atoms with Crippen molar-refractivity contribution >= 4 is 5.97 Å². The van der Waals surface area contributed by atoms with Crippen molar-refractivity contribution < 1.29 is 9.53 Å². The molecule has 0 saturated carbocycles. The molecule has 1 rings (SSSR count). The molecule has 0 aromatic rings. The third-order valence-corrected chi connectivity index (χ3v) is 4.57. The van der Waals surface area contributed by atoms with Gasteiger partial charge in [0.2, 0.25) is 0 Å². The predicted molar refractivity (Wildman–Crippen MR) is 82.8 cm³/mol. The average Bonchev–Trinajstić information content (AvgIpc) is 2.74. The Hall–Kier alpha value is -0.610. The summed E-state index contributed by atoms with van der Waals surface area (Å²) in [6.07, 6.45) is 3.93. The van der Waals surface area contributed by atoms with E-state index < -0.39 is 5.54 Å². The average molecular weight is 284 g/mol. The minimum atomic E-state index is -0.433. The molecule has 1 aliphatic rings. The fourth-order valence-corrected chi connectivity index (χ4v) is 3.11. The maximum atomic E-state index is 12.7. The molecule has 0 spiro atoms. The summed E-state index contributed by atoms with van der Waals surface area (Å²) < 4.78 is 5.44. The second-order valence-corrected chi connectivity index (χ2v) is 5.91. The van der Waals surface area contributed by atoms with Gasteiger partial charge >= 0.3 is 5.97 Å². The van der Waals surface area contributed by atoms with Gasteiger partial charge in [0.05, 0.1) is 6.61 Å². The van der Waals surface area contributed by atoms with E-state index in [4.69, 9.17) is 4.74 Å². The van der Waals surface area contributed by atoms with Crippen molar-refractivity contribution in [3.63, 3.8) is 0 Å². The van der Waals surface area contributed by atoms with E-state index in [0.29, 0.717) is 12.5 Å². The molecular weight excluding hydrogens is 252 g/mol. The van der Waals surface area contributed by atoms with Gasteiger partial charge < -0.3 is 10.1 Å². The first kappa shape index (κ1) is 17.4. The number of rotatable bonds is 7. The van der Waals surface area contributed by atoms with E-state index in [9.17, 15) is 4.79 Å². The van der Waals surface area contributed by atoms with Crippen LogP contribution in [0.2, 0.25) is 0 Å². The van der Waals surface area contributed by atoms with Crippen LogP contribution in [0, 0.1) is 5.92 Å². The van der Waals surface area contributed by atoms with Gasteiger partial charge in [-0.3, -0.25) is 9.69 Å². The highest BCUT2D eigenvalue weighted by atomic mass is 16.5. The Balaban J connectivity index is 2.97. The summed E-state index contributed by atoms with van der Waals surface area (Å²) in [5.41, 5.74) is -0.433. The van der Waals surface area contributed by atoms with Crippen LogP contribution < -0.4 is 5.32 Å². The zero-order valence-electron chi connectivity index (χ0n) is 13.7. The number of carbonyl (C=O) groups is 1. The van der Waals surface area contributed by atoms with Gasteiger partial charge in [-0.25, -0.2) is 0 Å². The molecule has 4 nitrogen and oxygen atoms in total. The van der Waals surface area contributed by atoms with E-state index in [2.05, 4.69) is 31.0 Å².